The summed E-state index contributed by atoms with van der Waals surface area (Å²) < 4.78 is 5.47. The van der Waals surface area contributed by atoms with Crippen LogP contribution in [-0.4, -0.2) is 43.7 Å². The van der Waals surface area contributed by atoms with E-state index in [4.69, 9.17) is 4.74 Å². The van der Waals surface area contributed by atoms with Gasteiger partial charge in [0.15, 0.2) is 0 Å². The lowest BCUT2D eigenvalue weighted by Crippen LogP contribution is -2.43. The number of benzene rings is 1. The van der Waals surface area contributed by atoms with Crippen molar-refractivity contribution >= 4 is 17.5 Å². The third-order valence-electron chi connectivity index (χ3n) is 5.28. The normalized spacial score (nSPS) is 18.1. The van der Waals surface area contributed by atoms with Crippen LogP contribution in [0.4, 0.5) is 11.5 Å². The molecule has 2 aliphatic rings. The topological polar surface area (TPSA) is 66.5 Å². The van der Waals surface area contributed by atoms with Gasteiger partial charge in [0, 0.05) is 50.2 Å². The number of pyridine rings is 1. The highest BCUT2D eigenvalue weighted by molar-refractivity contribution is 5.99. The molecule has 2 N–H and O–H groups in total. The fourth-order valence-corrected chi connectivity index (χ4v) is 3.76. The first-order valence-electron chi connectivity index (χ1n) is 9.56. The van der Waals surface area contributed by atoms with Gasteiger partial charge in [0.2, 0.25) is 0 Å². The second kappa shape index (κ2) is 7.19. The van der Waals surface area contributed by atoms with Gasteiger partial charge in [-0.2, -0.15) is 0 Å². The van der Waals surface area contributed by atoms with Crippen molar-refractivity contribution in [1.29, 1.82) is 0 Å². The van der Waals surface area contributed by atoms with Crippen molar-refractivity contribution in [2.24, 2.45) is 0 Å². The Labute approximate surface area is 159 Å². The van der Waals surface area contributed by atoms with E-state index in [1.165, 1.54) is 11.3 Å². The highest BCUT2D eigenvalue weighted by atomic mass is 16.6. The molecule has 0 spiro atoms. The summed E-state index contributed by atoms with van der Waals surface area (Å²) in [5.41, 5.74) is 3.41. The van der Waals surface area contributed by atoms with E-state index < -0.39 is 5.60 Å². The van der Waals surface area contributed by atoms with Crippen LogP contribution >= 0.6 is 0 Å². The number of carbonyl (C=O) groups is 1. The molecular weight excluding hydrogens is 340 g/mol. The van der Waals surface area contributed by atoms with Gasteiger partial charge in [-0.05, 0) is 44.0 Å². The first-order valence-corrected chi connectivity index (χ1v) is 9.56. The number of hydrogen-bond donors (Lipinski definition) is 2. The smallest absolute Gasteiger partial charge is 0.343 e. The first-order chi connectivity index (χ1) is 13.0. The summed E-state index contributed by atoms with van der Waals surface area (Å²) >= 11 is 0. The predicted octanol–water partition coefficient (Wildman–Crippen LogP) is 2.55. The number of fused-ring (bicyclic) bond motifs is 1. The molecule has 0 unspecified atom stereocenters. The number of rotatable bonds is 5. The summed E-state index contributed by atoms with van der Waals surface area (Å²) in [7, 11) is 0. The van der Waals surface area contributed by atoms with Crippen molar-refractivity contribution in [3.63, 3.8) is 0 Å². The largest absolute Gasteiger partial charge is 0.451 e. The first kappa shape index (κ1) is 17.8. The maximum atomic E-state index is 12.2. The molecule has 0 bridgehead atoms. The van der Waals surface area contributed by atoms with Gasteiger partial charge in [-0.15, -0.1) is 0 Å². The molecule has 0 amide bonds. The molecule has 0 saturated carbocycles. The maximum absolute atomic E-state index is 12.2. The molecule has 6 nitrogen and oxygen atoms in total. The summed E-state index contributed by atoms with van der Waals surface area (Å²) in [4.78, 5) is 19.0. The van der Waals surface area contributed by atoms with Crippen LogP contribution in [0, 0.1) is 0 Å². The van der Waals surface area contributed by atoms with Crippen molar-refractivity contribution in [2.75, 3.05) is 42.9 Å². The Kier molecular flexibility index (Phi) is 4.74. The molecule has 4 rings (SSSR count). The summed E-state index contributed by atoms with van der Waals surface area (Å²) in [6, 6.07) is 10.6. The van der Waals surface area contributed by atoms with E-state index in [1.54, 1.807) is 6.20 Å². The fraction of sp³-hybridized carbons (Fsp3) is 0.429. The number of cyclic esters (lactones) is 1. The van der Waals surface area contributed by atoms with Crippen LogP contribution in [0.25, 0.3) is 0 Å². The fourth-order valence-electron chi connectivity index (χ4n) is 3.76. The van der Waals surface area contributed by atoms with Gasteiger partial charge in [0.05, 0.1) is 0 Å². The molecule has 0 radical (unpaired) electrons. The molecule has 27 heavy (non-hydrogen) atoms. The number of nitrogens with one attached hydrogen (secondary N) is 2. The zero-order valence-corrected chi connectivity index (χ0v) is 15.9. The third-order valence-corrected chi connectivity index (χ3v) is 5.28. The number of esters is 1. The van der Waals surface area contributed by atoms with E-state index in [1.807, 2.05) is 19.9 Å². The van der Waals surface area contributed by atoms with E-state index >= 15 is 0 Å². The van der Waals surface area contributed by atoms with E-state index in [9.17, 15) is 4.79 Å². The van der Waals surface area contributed by atoms with Crippen LogP contribution in [0.5, 0.6) is 0 Å². The Hall–Kier alpha value is -2.60. The Morgan fingerprint density at radius 2 is 1.93 bits per heavy atom. The molecule has 2 aromatic rings. The van der Waals surface area contributed by atoms with Crippen LogP contribution in [0.3, 0.4) is 0 Å². The quantitative estimate of drug-likeness (QED) is 0.793. The number of hydrogen-bond acceptors (Lipinski definition) is 6. The van der Waals surface area contributed by atoms with Crippen molar-refractivity contribution in [1.82, 2.24) is 10.3 Å². The standard InChI is InChI=1S/C21H26N4O2/c1-21(2)17-8-10-24-19(18(17)20(26)27-21)23-9-7-15-3-5-16(6-4-15)25-13-11-22-12-14-25/h3-6,8,10,22H,7,9,11-14H2,1-2H3,(H,23,24). The minimum atomic E-state index is -0.592. The summed E-state index contributed by atoms with van der Waals surface area (Å²) in [5.74, 6) is 0.312. The van der Waals surface area contributed by atoms with Crippen molar-refractivity contribution in [2.45, 2.75) is 25.9 Å². The lowest BCUT2D eigenvalue weighted by Gasteiger charge is -2.29. The molecule has 2 aliphatic heterocycles. The zero-order chi connectivity index (χ0) is 18.9. The van der Waals surface area contributed by atoms with Gasteiger partial charge < -0.3 is 20.3 Å². The Morgan fingerprint density at radius 1 is 1.19 bits per heavy atom. The van der Waals surface area contributed by atoms with Crippen LogP contribution in [0.1, 0.15) is 35.3 Å². The third kappa shape index (κ3) is 3.62. The second-order valence-corrected chi connectivity index (χ2v) is 7.56. The number of ether oxygens (including phenoxy) is 1. The highest BCUT2D eigenvalue weighted by Crippen LogP contribution is 2.38. The van der Waals surface area contributed by atoms with Crippen LogP contribution < -0.4 is 15.5 Å². The van der Waals surface area contributed by atoms with Gasteiger partial charge in [0.25, 0.3) is 0 Å². The number of anilines is 2. The molecule has 1 fully saturated rings. The summed E-state index contributed by atoms with van der Waals surface area (Å²) in [6.45, 7) is 8.71. The Morgan fingerprint density at radius 3 is 2.67 bits per heavy atom. The average Bonchev–Trinajstić information content (AvgIpc) is 2.92. The van der Waals surface area contributed by atoms with Gasteiger partial charge in [0.1, 0.15) is 17.0 Å². The highest BCUT2D eigenvalue weighted by Gasteiger charge is 2.39. The predicted molar refractivity (Wildman–Crippen MR) is 106 cm³/mol. The summed E-state index contributed by atoms with van der Waals surface area (Å²) in [5, 5.41) is 6.69. The minimum absolute atomic E-state index is 0.300. The molecular formula is C21H26N4O2. The minimum Gasteiger partial charge on any atom is -0.451 e. The van der Waals surface area contributed by atoms with Crippen LogP contribution in [-0.2, 0) is 16.8 Å². The van der Waals surface area contributed by atoms with Gasteiger partial charge in [-0.3, -0.25) is 0 Å². The van der Waals surface area contributed by atoms with Gasteiger partial charge in [-0.1, -0.05) is 12.1 Å². The molecule has 142 valence electrons. The number of carbonyl (C=O) groups excluding carboxylic acids is 1. The molecule has 1 aromatic heterocycles. The zero-order valence-electron chi connectivity index (χ0n) is 15.9. The van der Waals surface area contributed by atoms with E-state index in [2.05, 4.69) is 44.8 Å². The Bertz CT molecular complexity index is 827. The molecule has 6 heteroatoms. The molecule has 1 aromatic carbocycles. The maximum Gasteiger partial charge on any atom is 0.343 e. The monoisotopic (exact) mass is 366 g/mol. The lowest BCUT2D eigenvalue weighted by atomic mass is 9.97. The van der Waals surface area contributed by atoms with E-state index in [0.29, 0.717) is 17.9 Å². The summed E-state index contributed by atoms with van der Waals surface area (Å²) in [6.07, 6.45) is 2.60. The number of nitrogens with zero attached hydrogens (tertiary/aromatic N) is 2. The molecule has 1 saturated heterocycles. The number of piperazine rings is 1. The lowest BCUT2D eigenvalue weighted by molar-refractivity contribution is 0.00958. The van der Waals surface area contributed by atoms with Crippen molar-refractivity contribution in [3.05, 3.63) is 53.2 Å². The van der Waals surface area contributed by atoms with E-state index in [-0.39, 0.29) is 5.97 Å². The molecule has 0 atom stereocenters. The van der Waals surface area contributed by atoms with E-state index in [0.717, 1.165) is 38.2 Å². The van der Waals surface area contributed by atoms with Crippen molar-refractivity contribution < 1.29 is 9.53 Å². The number of aromatic nitrogens is 1. The van der Waals surface area contributed by atoms with Crippen LogP contribution in [0.2, 0.25) is 0 Å². The molecule has 0 aliphatic carbocycles. The average molecular weight is 366 g/mol. The van der Waals surface area contributed by atoms with Crippen LogP contribution in [0.15, 0.2) is 36.5 Å². The molecule has 3 heterocycles. The Balaban J connectivity index is 1.38. The van der Waals surface area contributed by atoms with Gasteiger partial charge in [-0.25, -0.2) is 9.78 Å². The SMILES string of the molecule is CC1(C)OC(=O)c2c1ccnc2NCCc1ccc(N2CCNCC2)cc1. The van der Waals surface area contributed by atoms with Crippen molar-refractivity contribution in [3.8, 4) is 0 Å². The van der Waals surface area contributed by atoms with Gasteiger partial charge >= 0.3 is 5.97 Å². The second-order valence-electron chi connectivity index (χ2n) is 7.56.